The van der Waals surface area contributed by atoms with Crippen molar-refractivity contribution in [2.75, 3.05) is 7.11 Å². The van der Waals surface area contributed by atoms with E-state index >= 15 is 0 Å². The van der Waals surface area contributed by atoms with Gasteiger partial charge < -0.3 is 18.9 Å². The van der Waals surface area contributed by atoms with Gasteiger partial charge in [-0.2, -0.15) is 0 Å². The maximum absolute atomic E-state index is 11.6. The lowest BCUT2D eigenvalue weighted by atomic mass is 9.93. The Kier molecular flexibility index (Phi) is 8.21. The number of aryl methyl sites for hydroxylation is 1. The fourth-order valence-corrected chi connectivity index (χ4v) is 4.34. The lowest BCUT2D eigenvalue weighted by Crippen LogP contribution is -2.34. The highest BCUT2D eigenvalue weighted by Gasteiger charge is 2.32. The van der Waals surface area contributed by atoms with Crippen LogP contribution in [0.1, 0.15) is 49.0 Å². The summed E-state index contributed by atoms with van der Waals surface area (Å²) in [5, 5.41) is 0. The summed E-state index contributed by atoms with van der Waals surface area (Å²) in [4.78, 5) is 11.6. The third-order valence-electron chi connectivity index (χ3n) is 6.11. The quantitative estimate of drug-likeness (QED) is 0.363. The van der Waals surface area contributed by atoms with Crippen LogP contribution in [0.15, 0.2) is 78.9 Å². The van der Waals surface area contributed by atoms with Crippen molar-refractivity contribution >= 4 is 5.97 Å². The van der Waals surface area contributed by atoms with Crippen molar-refractivity contribution in [2.45, 2.75) is 57.5 Å². The van der Waals surface area contributed by atoms with Crippen LogP contribution >= 0.6 is 0 Å². The highest BCUT2D eigenvalue weighted by atomic mass is 16.6. The van der Waals surface area contributed by atoms with Gasteiger partial charge in [-0.1, -0.05) is 54.6 Å². The van der Waals surface area contributed by atoms with Gasteiger partial charge >= 0.3 is 5.97 Å². The molecular formula is C29H32O5. The van der Waals surface area contributed by atoms with Crippen LogP contribution in [-0.4, -0.2) is 25.3 Å². The summed E-state index contributed by atoms with van der Waals surface area (Å²) in [7, 11) is 1.67. The van der Waals surface area contributed by atoms with E-state index in [0.717, 1.165) is 35.5 Å². The molecule has 5 heteroatoms. The van der Waals surface area contributed by atoms with E-state index in [2.05, 4.69) is 12.1 Å². The van der Waals surface area contributed by atoms with Crippen molar-refractivity contribution in [3.05, 3.63) is 95.6 Å². The van der Waals surface area contributed by atoms with Gasteiger partial charge in [-0.05, 0) is 53.8 Å². The predicted molar refractivity (Wildman–Crippen MR) is 131 cm³/mol. The second-order valence-electron chi connectivity index (χ2n) is 8.68. The molecule has 1 saturated heterocycles. The van der Waals surface area contributed by atoms with Crippen LogP contribution in [0.4, 0.5) is 0 Å². The van der Waals surface area contributed by atoms with E-state index < -0.39 is 0 Å². The average Bonchev–Trinajstić information content (AvgIpc) is 2.87. The number of carbonyl (C=O) groups is 1. The molecule has 178 valence electrons. The zero-order valence-electron chi connectivity index (χ0n) is 19.8. The van der Waals surface area contributed by atoms with Crippen molar-refractivity contribution in [3.8, 4) is 11.5 Å². The summed E-state index contributed by atoms with van der Waals surface area (Å²) < 4.78 is 23.2. The van der Waals surface area contributed by atoms with Crippen LogP contribution in [0.3, 0.4) is 0 Å². The van der Waals surface area contributed by atoms with E-state index in [1.807, 2.05) is 66.7 Å². The predicted octanol–water partition coefficient (Wildman–Crippen LogP) is 6.06. The monoisotopic (exact) mass is 460 g/mol. The zero-order chi connectivity index (χ0) is 23.8. The van der Waals surface area contributed by atoms with Crippen molar-refractivity contribution in [2.24, 2.45) is 0 Å². The van der Waals surface area contributed by atoms with Gasteiger partial charge in [0.15, 0.2) is 0 Å². The van der Waals surface area contributed by atoms with Crippen LogP contribution in [0.5, 0.6) is 11.5 Å². The van der Waals surface area contributed by atoms with Gasteiger partial charge in [0.2, 0.25) is 0 Å². The molecule has 0 bridgehead atoms. The Morgan fingerprint density at radius 3 is 2.26 bits per heavy atom. The van der Waals surface area contributed by atoms with E-state index in [0.29, 0.717) is 19.4 Å². The second kappa shape index (κ2) is 11.7. The number of hydrogen-bond donors (Lipinski definition) is 0. The molecular weight excluding hydrogens is 428 g/mol. The molecule has 3 atom stereocenters. The number of hydrogen-bond acceptors (Lipinski definition) is 5. The minimum atomic E-state index is -0.246. The SMILES string of the molecule is COc1ccc(CC[C@H]2C[C@@H](OC(C)=O)C[C@@H](c3ccc(OCc4ccccc4)cc3)O2)cc1. The van der Waals surface area contributed by atoms with Crippen LogP contribution in [-0.2, 0) is 27.3 Å². The van der Waals surface area contributed by atoms with E-state index in [4.69, 9.17) is 18.9 Å². The third-order valence-corrected chi connectivity index (χ3v) is 6.11. The first-order chi connectivity index (χ1) is 16.6. The highest BCUT2D eigenvalue weighted by molar-refractivity contribution is 5.66. The summed E-state index contributed by atoms with van der Waals surface area (Å²) in [6, 6.07) is 26.3. The third kappa shape index (κ3) is 6.84. The number of rotatable bonds is 9. The van der Waals surface area contributed by atoms with E-state index in [9.17, 15) is 4.79 Å². The molecule has 0 amide bonds. The minimum absolute atomic E-state index is 0.0132. The van der Waals surface area contributed by atoms with Crippen LogP contribution in [0.2, 0.25) is 0 Å². The van der Waals surface area contributed by atoms with Crippen molar-refractivity contribution < 1.29 is 23.7 Å². The molecule has 3 aromatic carbocycles. The fourth-order valence-electron chi connectivity index (χ4n) is 4.34. The molecule has 0 spiro atoms. The lowest BCUT2D eigenvalue weighted by molar-refractivity contribution is -0.160. The van der Waals surface area contributed by atoms with Crippen LogP contribution < -0.4 is 9.47 Å². The molecule has 0 aliphatic carbocycles. The number of methoxy groups -OCH3 is 1. The van der Waals surface area contributed by atoms with E-state index in [1.165, 1.54) is 12.5 Å². The Bertz CT molecular complexity index is 1030. The number of ether oxygens (including phenoxy) is 4. The second-order valence-corrected chi connectivity index (χ2v) is 8.68. The topological polar surface area (TPSA) is 54.0 Å². The van der Waals surface area contributed by atoms with Crippen molar-refractivity contribution in [3.63, 3.8) is 0 Å². The minimum Gasteiger partial charge on any atom is -0.497 e. The molecule has 0 unspecified atom stereocenters. The van der Waals surface area contributed by atoms with E-state index in [1.54, 1.807) is 7.11 Å². The summed E-state index contributed by atoms with van der Waals surface area (Å²) in [5.74, 6) is 1.42. The molecule has 1 aliphatic rings. The molecule has 0 saturated carbocycles. The zero-order valence-corrected chi connectivity index (χ0v) is 19.8. The van der Waals surface area contributed by atoms with Gasteiger partial charge in [-0.3, -0.25) is 4.79 Å². The van der Waals surface area contributed by atoms with Gasteiger partial charge in [-0.25, -0.2) is 0 Å². The maximum atomic E-state index is 11.6. The first-order valence-electron chi connectivity index (χ1n) is 11.8. The number of carbonyl (C=O) groups excluding carboxylic acids is 1. The van der Waals surface area contributed by atoms with Gasteiger partial charge in [0.1, 0.15) is 24.2 Å². The molecule has 0 aromatic heterocycles. The van der Waals surface area contributed by atoms with E-state index in [-0.39, 0.29) is 24.3 Å². The Morgan fingerprint density at radius 1 is 0.882 bits per heavy atom. The van der Waals surface area contributed by atoms with Crippen LogP contribution in [0.25, 0.3) is 0 Å². The summed E-state index contributed by atoms with van der Waals surface area (Å²) in [6.07, 6.45) is 2.86. The molecule has 1 aliphatic heterocycles. The van der Waals surface area contributed by atoms with Gasteiger partial charge in [-0.15, -0.1) is 0 Å². The molecule has 0 N–H and O–H groups in total. The van der Waals surface area contributed by atoms with Crippen molar-refractivity contribution in [1.29, 1.82) is 0 Å². The molecule has 4 rings (SSSR count). The summed E-state index contributed by atoms with van der Waals surface area (Å²) in [5.41, 5.74) is 3.43. The molecule has 5 nitrogen and oxygen atoms in total. The normalized spacial score (nSPS) is 19.9. The van der Waals surface area contributed by atoms with Crippen molar-refractivity contribution in [1.82, 2.24) is 0 Å². The number of esters is 1. The van der Waals surface area contributed by atoms with Gasteiger partial charge in [0.05, 0.1) is 19.3 Å². The smallest absolute Gasteiger partial charge is 0.302 e. The Labute approximate surface area is 201 Å². The molecule has 3 aromatic rings. The first kappa shape index (κ1) is 23.8. The molecule has 1 heterocycles. The maximum Gasteiger partial charge on any atom is 0.302 e. The average molecular weight is 461 g/mol. The van der Waals surface area contributed by atoms with Crippen LogP contribution in [0, 0.1) is 0 Å². The lowest BCUT2D eigenvalue weighted by Gasteiger charge is -2.35. The molecule has 1 fully saturated rings. The number of benzene rings is 3. The van der Waals surface area contributed by atoms with Gasteiger partial charge in [0, 0.05) is 19.8 Å². The summed E-state index contributed by atoms with van der Waals surface area (Å²) in [6.45, 7) is 2.00. The Morgan fingerprint density at radius 2 is 1.59 bits per heavy atom. The Hall–Kier alpha value is -3.31. The van der Waals surface area contributed by atoms with Gasteiger partial charge in [0.25, 0.3) is 0 Å². The standard InChI is InChI=1S/C29H32O5/c1-21(30)33-28-18-27(15-10-22-8-13-25(31-2)14-9-22)34-29(19-28)24-11-16-26(17-12-24)32-20-23-6-4-3-5-7-23/h3-9,11-14,16-17,27-29H,10,15,18-20H2,1-2H3/t27-,28+,29-/m0/s1. The largest absolute Gasteiger partial charge is 0.497 e. The fraction of sp³-hybridized carbons (Fsp3) is 0.345. The molecule has 34 heavy (non-hydrogen) atoms. The summed E-state index contributed by atoms with van der Waals surface area (Å²) >= 11 is 0. The highest BCUT2D eigenvalue weighted by Crippen LogP contribution is 2.35. The molecule has 0 radical (unpaired) electrons. The Balaban J connectivity index is 1.38. The first-order valence-corrected chi connectivity index (χ1v) is 11.8.